The SMILES string of the molecule is C=CCOC(=O)C(C)(CC(=O)c1ccccc1)OOC(C)(C)C. The Balaban J connectivity index is 2.91. The number of rotatable bonds is 8. The van der Waals surface area contributed by atoms with Crippen LogP contribution in [0, 0.1) is 0 Å². The lowest BCUT2D eigenvalue weighted by atomic mass is 9.95. The van der Waals surface area contributed by atoms with Crippen LogP contribution in [0.4, 0.5) is 0 Å². The molecule has 126 valence electrons. The number of Topliss-reactive ketones (excluding diaryl/α,β-unsaturated/α-hetero) is 1. The number of hydrogen-bond donors (Lipinski definition) is 0. The summed E-state index contributed by atoms with van der Waals surface area (Å²) in [7, 11) is 0. The molecular weight excluding hydrogens is 296 g/mol. The van der Waals surface area contributed by atoms with Crippen molar-refractivity contribution in [1.82, 2.24) is 0 Å². The normalized spacial score (nSPS) is 13.9. The topological polar surface area (TPSA) is 61.8 Å². The Bertz CT molecular complexity index is 544. The highest BCUT2D eigenvalue weighted by molar-refractivity contribution is 5.99. The molecule has 0 aliphatic heterocycles. The largest absolute Gasteiger partial charge is 0.459 e. The van der Waals surface area contributed by atoms with Gasteiger partial charge in [0.05, 0.1) is 12.0 Å². The maximum atomic E-state index is 12.4. The Morgan fingerprint density at radius 2 is 1.70 bits per heavy atom. The van der Waals surface area contributed by atoms with Gasteiger partial charge in [0, 0.05) is 5.56 Å². The molecule has 23 heavy (non-hydrogen) atoms. The minimum Gasteiger partial charge on any atom is -0.459 e. The third kappa shape index (κ3) is 6.34. The van der Waals surface area contributed by atoms with Crippen molar-refractivity contribution in [3.8, 4) is 0 Å². The molecule has 0 radical (unpaired) electrons. The summed E-state index contributed by atoms with van der Waals surface area (Å²) in [6, 6.07) is 8.69. The molecule has 0 aromatic heterocycles. The summed E-state index contributed by atoms with van der Waals surface area (Å²) in [6.07, 6.45) is 1.25. The number of carbonyl (C=O) groups excluding carboxylic acids is 2. The first-order chi connectivity index (χ1) is 10.7. The Morgan fingerprint density at radius 3 is 2.22 bits per heavy atom. The molecule has 1 aromatic carbocycles. The molecule has 1 atom stereocenters. The van der Waals surface area contributed by atoms with Crippen LogP contribution in [0.25, 0.3) is 0 Å². The molecule has 0 N–H and O–H groups in total. The Hall–Kier alpha value is -1.98. The van der Waals surface area contributed by atoms with Crippen molar-refractivity contribution in [2.24, 2.45) is 0 Å². The lowest BCUT2D eigenvalue weighted by Gasteiger charge is -2.29. The Labute approximate surface area is 137 Å². The number of esters is 1. The summed E-state index contributed by atoms with van der Waals surface area (Å²) >= 11 is 0. The van der Waals surface area contributed by atoms with Crippen LogP contribution in [0.2, 0.25) is 0 Å². The van der Waals surface area contributed by atoms with E-state index in [9.17, 15) is 9.59 Å². The first-order valence-electron chi connectivity index (χ1n) is 7.41. The Morgan fingerprint density at radius 1 is 1.09 bits per heavy atom. The molecule has 0 spiro atoms. The van der Waals surface area contributed by atoms with Crippen LogP contribution in [-0.2, 0) is 19.3 Å². The van der Waals surface area contributed by atoms with Crippen molar-refractivity contribution in [2.45, 2.75) is 45.3 Å². The molecular formula is C18H24O5. The number of hydrogen-bond acceptors (Lipinski definition) is 5. The number of carbonyl (C=O) groups is 2. The molecule has 0 amide bonds. The molecule has 0 saturated heterocycles. The fourth-order valence-electron chi connectivity index (χ4n) is 1.67. The van der Waals surface area contributed by atoms with Crippen LogP contribution in [0.15, 0.2) is 43.0 Å². The fraction of sp³-hybridized carbons (Fsp3) is 0.444. The van der Waals surface area contributed by atoms with Gasteiger partial charge in [0.15, 0.2) is 5.78 Å². The van der Waals surface area contributed by atoms with Gasteiger partial charge in [-0.05, 0) is 27.7 Å². The maximum Gasteiger partial charge on any atom is 0.342 e. The van der Waals surface area contributed by atoms with E-state index in [1.807, 2.05) is 6.07 Å². The second kappa shape index (κ2) is 8.04. The fourth-order valence-corrected chi connectivity index (χ4v) is 1.67. The highest BCUT2D eigenvalue weighted by Crippen LogP contribution is 2.24. The summed E-state index contributed by atoms with van der Waals surface area (Å²) in [5, 5.41) is 0. The van der Waals surface area contributed by atoms with E-state index in [0.717, 1.165) is 0 Å². The Kier molecular flexibility index (Phi) is 6.66. The van der Waals surface area contributed by atoms with E-state index in [-0.39, 0.29) is 18.8 Å². The van der Waals surface area contributed by atoms with E-state index < -0.39 is 17.2 Å². The second-order valence-electron chi connectivity index (χ2n) is 6.36. The average Bonchev–Trinajstić information content (AvgIpc) is 2.50. The third-order valence-corrected chi connectivity index (χ3v) is 2.83. The van der Waals surface area contributed by atoms with Gasteiger partial charge < -0.3 is 4.74 Å². The van der Waals surface area contributed by atoms with Gasteiger partial charge in [0.2, 0.25) is 5.60 Å². The first kappa shape index (κ1) is 19.1. The highest BCUT2D eigenvalue weighted by atomic mass is 17.2. The van der Waals surface area contributed by atoms with Gasteiger partial charge in [0.1, 0.15) is 6.61 Å². The van der Waals surface area contributed by atoms with E-state index in [0.29, 0.717) is 5.56 Å². The summed E-state index contributed by atoms with van der Waals surface area (Å²) < 4.78 is 5.04. The van der Waals surface area contributed by atoms with Crippen LogP contribution in [0.3, 0.4) is 0 Å². The lowest BCUT2D eigenvalue weighted by molar-refractivity contribution is -0.392. The maximum absolute atomic E-state index is 12.4. The molecule has 0 fully saturated rings. The molecule has 0 saturated carbocycles. The number of ether oxygens (including phenoxy) is 1. The molecule has 5 heteroatoms. The minimum absolute atomic E-state index is 0.0346. The molecule has 1 aromatic rings. The number of benzene rings is 1. The molecule has 1 unspecified atom stereocenters. The van der Waals surface area contributed by atoms with Gasteiger partial charge in [-0.2, -0.15) is 0 Å². The van der Waals surface area contributed by atoms with Crippen LogP contribution in [0.5, 0.6) is 0 Å². The van der Waals surface area contributed by atoms with E-state index in [1.165, 1.54) is 13.0 Å². The van der Waals surface area contributed by atoms with E-state index in [2.05, 4.69) is 6.58 Å². The van der Waals surface area contributed by atoms with Gasteiger partial charge in [-0.15, -0.1) is 0 Å². The van der Waals surface area contributed by atoms with Crippen molar-refractivity contribution in [2.75, 3.05) is 6.61 Å². The summed E-state index contributed by atoms with van der Waals surface area (Å²) in [6.45, 7) is 10.3. The monoisotopic (exact) mass is 320 g/mol. The lowest BCUT2D eigenvalue weighted by Crippen LogP contribution is -2.44. The van der Waals surface area contributed by atoms with Crippen LogP contribution in [0.1, 0.15) is 44.5 Å². The third-order valence-electron chi connectivity index (χ3n) is 2.83. The highest BCUT2D eigenvalue weighted by Gasteiger charge is 2.41. The summed E-state index contributed by atoms with van der Waals surface area (Å²) in [4.78, 5) is 35.2. The van der Waals surface area contributed by atoms with Crippen molar-refractivity contribution in [3.05, 3.63) is 48.6 Å². The van der Waals surface area contributed by atoms with Crippen molar-refractivity contribution in [3.63, 3.8) is 0 Å². The second-order valence-corrected chi connectivity index (χ2v) is 6.36. The van der Waals surface area contributed by atoms with Gasteiger partial charge in [-0.3, -0.25) is 4.79 Å². The molecule has 1 rings (SSSR count). The average molecular weight is 320 g/mol. The molecule has 0 bridgehead atoms. The summed E-state index contributed by atoms with van der Waals surface area (Å²) in [5.74, 6) is -0.910. The van der Waals surface area contributed by atoms with Crippen molar-refractivity contribution < 1.29 is 24.1 Å². The predicted octanol–water partition coefficient (Wildman–Crippen LogP) is 3.49. The van der Waals surface area contributed by atoms with E-state index in [1.54, 1.807) is 45.0 Å². The van der Waals surface area contributed by atoms with Gasteiger partial charge in [0.25, 0.3) is 0 Å². The molecule has 0 aliphatic carbocycles. The van der Waals surface area contributed by atoms with Crippen LogP contribution < -0.4 is 0 Å². The van der Waals surface area contributed by atoms with Crippen LogP contribution >= 0.6 is 0 Å². The zero-order valence-electron chi connectivity index (χ0n) is 14.1. The quantitative estimate of drug-likeness (QED) is 0.241. The van der Waals surface area contributed by atoms with E-state index >= 15 is 0 Å². The van der Waals surface area contributed by atoms with Gasteiger partial charge in [-0.1, -0.05) is 43.0 Å². The zero-order chi connectivity index (χ0) is 17.5. The van der Waals surface area contributed by atoms with Crippen LogP contribution in [-0.4, -0.2) is 29.6 Å². The van der Waals surface area contributed by atoms with Crippen molar-refractivity contribution in [1.29, 1.82) is 0 Å². The first-order valence-corrected chi connectivity index (χ1v) is 7.41. The molecule has 5 nitrogen and oxygen atoms in total. The van der Waals surface area contributed by atoms with Gasteiger partial charge >= 0.3 is 5.97 Å². The minimum atomic E-state index is -1.54. The molecule has 0 aliphatic rings. The standard InChI is InChI=1S/C18H24O5/c1-6-12-21-16(20)18(5,23-22-17(2,3)4)13-15(19)14-10-8-7-9-11-14/h6-11H,1,12-13H2,2-5H3. The summed E-state index contributed by atoms with van der Waals surface area (Å²) in [5.41, 5.74) is -1.67. The number of ketones is 1. The van der Waals surface area contributed by atoms with Crippen molar-refractivity contribution >= 4 is 11.8 Å². The predicted molar refractivity (Wildman–Crippen MR) is 86.9 cm³/mol. The smallest absolute Gasteiger partial charge is 0.342 e. The van der Waals surface area contributed by atoms with E-state index in [4.69, 9.17) is 14.5 Å². The van der Waals surface area contributed by atoms with Gasteiger partial charge in [-0.25, -0.2) is 14.6 Å². The zero-order valence-corrected chi connectivity index (χ0v) is 14.1. The molecule has 0 heterocycles.